The fourth-order valence-electron chi connectivity index (χ4n) is 1.19. The molecule has 0 atom stereocenters. The van der Waals surface area contributed by atoms with Crippen molar-refractivity contribution < 1.29 is 26.7 Å². The van der Waals surface area contributed by atoms with Gasteiger partial charge in [-0.25, -0.2) is 17.2 Å². The molecule has 0 amide bonds. The van der Waals surface area contributed by atoms with Crippen LogP contribution in [0, 0.1) is 11.6 Å². The molecule has 1 aromatic rings. The zero-order valence-electron chi connectivity index (χ0n) is 9.45. The maximum atomic E-state index is 13.4. The number of ether oxygens (including phenoxy) is 2. The van der Waals surface area contributed by atoms with Gasteiger partial charge < -0.3 is 9.47 Å². The van der Waals surface area contributed by atoms with E-state index >= 15 is 0 Å². The van der Waals surface area contributed by atoms with Crippen LogP contribution >= 0.6 is 10.7 Å². The van der Waals surface area contributed by atoms with Gasteiger partial charge in [0, 0.05) is 30.8 Å². The Hall–Kier alpha value is -0.920. The fourth-order valence-corrected chi connectivity index (χ4v) is 1.95. The highest BCUT2D eigenvalue weighted by Gasteiger charge is 2.18. The monoisotopic (exact) mass is 300 g/mol. The van der Waals surface area contributed by atoms with Crippen molar-refractivity contribution >= 4 is 19.7 Å². The molecule has 0 fully saturated rings. The SMILES string of the molecule is COCCCOc1c(F)cc(S(=O)(=O)Cl)cc1F. The van der Waals surface area contributed by atoms with Crippen molar-refractivity contribution in [2.75, 3.05) is 20.3 Å². The fraction of sp³-hybridized carbons (Fsp3) is 0.400. The minimum Gasteiger partial charge on any atom is -0.488 e. The highest BCUT2D eigenvalue weighted by molar-refractivity contribution is 8.13. The van der Waals surface area contributed by atoms with Crippen LogP contribution in [0.1, 0.15) is 6.42 Å². The van der Waals surface area contributed by atoms with Crippen LogP contribution in [0.4, 0.5) is 8.78 Å². The predicted octanol–water partition coefficient (Wildman–Crippen LogP) is 2.31. The average Bonchev–Trinajstić information content (AvgIpc) is 2.25. The van der Waals surface area contributed by atoms with Crippen LogP contribution in [-0.2, 0) is 13.8 Å². The Labute approximate surface area is 108 Å². The number of methoxy groups -OCH3 is 1. The number of hydrogen-bond donors (Lipinski definition) is 0. The van der Waals surface area contributed by atoms with Crippen LogP contribution in [0.5, 0.6) is 5.75 Å². The molecule has 102 valence electrons. The van der Waals surface area contributed by atoms with Gasteiger partial charge in [0.1, 0.15) is 0 Å². The summed E-state index contributed by atoms with van der Waals surface area (Å²) in [7, 11) is 2.29. The maximum absolute atomic E-state index is 13.4. The molecular formula is C10H11ClF2O4S. The van der Waals surface area contributed by atoms with Crippen molar-refractivity contribution in [3.8, 4) is 5.75 Å². The third-order valence-electron chi connectivity index (χ3n) is 1.99. The van der Waals surface area contributed by atoms with Gasteiger partial charge in [-0.05, 0) is 12.1 Å². The molecule has 0 radical (unpaired) electrons. The first-order valence-electron chi connectivity index (χ1n) is 4.91. The van der Waals surface area contributed by atoms with Gasteiger partial charge in [-0.1, -0.05) is 0 Å². The molecule has 0 aliphatic rings. The minimum absolute atomic E-state index is 0.0502. The van der Waals surface area contributed by atoms with Crippen molar-refractivity contribution in [1.29, 1.82) is 0 Å². The summed E-state index contributed by atoms with van der Waals surface area (Å²) in [6, 6.07) is 1.22. The summed E-state index contributed by atoms with van der Waals surface area (Å²) in [5.74, 6) is -2.87. The van der Waals surface area contributed by atoms with Crippen LogP contribution in [-0.4, -0.2) is 28.7 Å². The summed E-state index contributed by atoms with van der Waals surface area (Å²) in [5, 5.41) is 0. The third-order valence-corrected chi connectivity index (χ3v) is 3.33. The highest BCUT2D eigenvalue weighted by atomic mass is 35.7. The molecule has 0 aliphatic heterocycles. The summed E-state index contributed by atoms with van der Waals surface area (Å²) in [6.07, 6.45) is 0.449. The molecule has 0 heterocycles. The van der Waals surface area contributed by atoms with E-state index in [9.17, 15) is 17.2 Å². The quantitative estimate of drug-likeness (QED) is 0.597. The predicted molar refractivity (Wildman–Crippen MR) is 61.4 cm³/mol. The molecular weight excluding hydrogens is 290 g/mol. The summed E-state index contributed by atoms with van der Waals surface area (Å²) >= 11 is 0. The smallest absolute Gasteiger partial charge is 0.261 e. The number of rotatable bonds is 6. The minimum atomic E-state index is -4.18. The largest absolute Gasteiger partial charge is 0.488 e. The number of hydrogen-bond acceptors (Lipinski definition) is 4. The zero-order valence-corrected chi connectivity index (χ0v) is 11.0. The molecule has 0 saturated heterocycles. The van der Waals surface area contributed by atoms with Gasteiger partial charge in [0.05, 0.1) is 11.5 Å². The number of halogens is 3. The van der Waals surface area contributed by atoms with E-state index in [4.69, 9.17) is 20.2 Å². The Balaban J connectivity index is 2.88. The Morgan fingerprint density at radius 3 is 2.22 bits per heavy atom. The lowest BCUT2D eigenvalue weighted by Gasteiger charge is -2.09. The summed E-state index contributed by atoms with van der Waals surface area (Å²) < 4.78 is 58.3. The van der Waals surface area contributed by atoms with Gasteiger partial charge in [0.15, 0.2) is 17.4 Å². The van der Waals surface area contributed by atoms with E-state index in [1.807, 2.05) is 0 Å². The van der Waals surface area contributed by atoms with Gasteiger partial charge in [0.25, 0.3) is 9.05 Å². The first kappa shape index (κ1) is 15.1. The van der Waals surface area contributed by atoms with E-state index in [2.05, 4.69) is 0 Å². The van der Waals surface area contributed by atoms with E-state index in [-0.39, 0.29) is 6.61 Å². The molecule has 1 rings (SSSR count). The van der Waals surface area contributed by atoms with Crippen LogP contribution < -0.4 is 4.74 Å². The molecule has 0 unspecified atom stereocenters. The Morgan fingerprint density at radius 2 is 1.78 bits per heavy atom. The molecule has 1 aromatic carbocycles. The lowest BCUT2D eigenvalue weighted by atomic mass is 10.3. The Bertz CT molecular complexity index is 496. The molecule has 0 spiro atoms. The van der Waals surface area contributed by atoms with E-state index in [0.717, 1.165) is 0 Å². The average molecular weight is 301 g/mol. The van der Waals surface area contributed by atoms with Crippen molar-refractivity contribution in [3.63, 3.8) is 0 Å². The normalized spacial score (nSPS) is 11.6. The standard InChI is InChI=1S/C10H11ClF2O4S/c1-16-3-2-4-17-10-8(12)5-7(6-9(10)13)18(11,14)15/h5-6H,2-4H2,1H3. The lowest BCUT2D eigenvalue weighted by Crippen LogP contribution is -2.05. The third kappa shape index (κ3) is 4.08. The highest BCUT2D eigenvalue weighted by Crippen LogP contribution is 2.27. The summed E-state index contributed by atoms with van der Waals surface area (Å²) in [6.45, 7) is 0.437. The van der Waals surface area contributed by atoms with Gasteiger partial charge in [0.2, 0.25) is 0 Å². The summed E-state index contributed by atoms with van der Waals surface area (Å²) in [4.78, 5) is -0.650. The summed E-state index contributed by atoms with van der Waals surface area (Å²) in [5.41, 5.74) is 0. The first-order chi connectivity index (χ1) is 8.36. The van der Waals surface area contributed by atoms with Gasteiger partial charge >= 0.3 is 0 Å². The van der Waals surface area contributed by atoms with E-state index in [1.165, 1.54) is 7.11 Å². The van der Waals surface area contributed by atoms with Crippen LogP contribution in [0.15, 0.2) is 17.0 Å². The number of benzene rings is 1. The second-order valence-corrected chi connectivity index (χ2v) is 5.91. The van der Waals surface area contributed by atoms with Crippen molar-refractivity contribution in [3.05, 3.63) is 23.8 Å². The van der Waals surface area contributed by atoms with E-state index < -0.39 is 31.3 Å². The van der Waals surface area contributed by atoms with Crippen LogP contribution in [0.25, 0.3) is 0 Å². The van der Waals surface area contributed by atoms with E-state index in [1.54, 1.807) is 0 Å². The molecule has 0 aliphatic carbocycles. The van der Waals surface area contributed by atoms with E-state index in [0.29, 0.717) is 25.2 Å². The molecule has 8 heteroatoms. The van der Waals surface area contributed by atoms with Crippen molar-refractivity contribution in [1.82, 2.24) is 0 Å². The molecule has 0 bridgehead atoms. The molecule has 0 saturated carbocycles. The molecule has 0 N–H and O–H groups in total. The second-order valence-electron chi connectivity index (χ2n) is 3.35. The molecule has 4 nitrogen and oxygen atoms in total. The topological polar surface area (TPSA) is 52.6 Å². The van der Waals surface area contributed by atoms with Crippen LogP contribution in [0.3, 0.4) is 0 Å². The zero-order chi connectivity index (χ0) is 13.8. The second kappa shape index (κ2) is 6.31. The van der Waals surface area contributed by atoms with Gasteiger partial charge in [-0.15, -0.1) is 0 Å². The van der Waals surface area contributed by atoms with Crippen LogP contribution in [0.2, 0.25) is 0 Å². The lowest BCUT2D eigenvalue weighted by molar-refractivity contribution is 0.168. The molecule has 18 heavy (non-hydrogen) atoms. The maximum Gasteiger partial charge on any atom is 0.261 e. The Kier molecular flexibility index (Phi) is 5.30. The molecule has 0 aromatic heterocycles. The Morgan fingerprint density at radius 1 is 1.22 bits per heavy atom. The first-order valence-corrected chi connectivity index (χ1v) is 7.22. The van der Waals surface area contributed by atoms with Gasteiger partial charge in [-0.3, -0.25) is 0 Å². The van der Waals surface area contributed by atoms with Crippen molar-refractivity contribution in [2.24, 2.45) is 0 Å². The van der Waals surface area contributed by atoms with Gasteiger partial charge in [-0.2, -0.15) is 0 Å². The van der Waals surface area contributed by atoms with Crippen molar-refractivity contribution in [2.45, 2.75) is 11.3 Å².